The molecule has 1 N–H and O–H groups in total. The van der Waals surface area contributed by atoms with Crippen molar-refractivity contribution in [2.24, 2.45) is 0 Å². The van der Waals surface area contributed by atoms with E-state index in [-0.39, 0.29) is 11.2 Å². The minimum atomic E-state index is -1.10. The van der Waals surface area contributed by atoms with Gasteiger partial charge in [0, 0.05) is 17.1 Å². The Kier molecular flexibility index (Phi) is 6.20. The number of thiazole rings is 1. The predicted molar refractivity (Wildman–Crippen MR) is 119 cm³/mol. The lowest BCUT2D eigenvalue weighted by Crippen LogP contribution is -2.33. The largest absolute Gasteiger partial charge is 0.482 e. The quantitative estimate of drug-likeness (QED) is 0.455. The summed E-state index contributed by atoms with van der Waals surface area (Å²) in [6.45, 7) is 3.94. The van der Waals surface area contributed by atoms with Crippen LogP contribution in [0, 0.1) is 6.92 Å². The van der Waals surface area contributed by atoms with E-state index in [1.807, 2.05) is 42.6 Å². The number of hydrogen-bond donors (Lipinski definition) is 1. The molecule has 158 valence electrons. The summed E-state index contributed by atoms with van der Waals surface area (Å²) < 4.78 is 20.2. The van der Waals surface area contributed by atoms with Crippen molar-refractivity contribution in [3.63, 3.8) is 0 Å². The van der Waals surface area contributed by atoms with E-state index in [1.54, 1.807) is 6.92 Å². The average Bonchev–Trinajstić information content (AvgIpc) is 3.16. The van der Waals surface area contributed by atoms with Crippen molar-refractivity contribution in [2.75, 3.05) is 5.32 Å². The maximum absolute atomic E-state index is 14.2. The van der Waals surface area contributed by atoms with Crippen LogP contribution in [-0.4, -0.2) is 26.7 Å². The molecular weight excluding hydrogens is 423 g/mol. The second-order valence-electron chi connectivity index (χ2n) is 7.92. The van der Waals surface area contributed by atoms with Gasteiger partial charge >= 0.3 is 0 Å². The number of nitrogens with zero attached hydrogens (tertiary/aromatic N) is 3. The van der Waals surface area contributed by atoms with Crippen molar-refractivity contribution in [3.8, 4) is 16.6 Å². The molecule has 1 aliphatic rings. The highest BCUT2D eigenvalue weighted by Crippen LogP contribution is 2.37. The maximum atomic E-state index is 14.2. The van der Waals surface area contributed by atoms with E-state index < -0.39 is 5.67 Å². The highest BCUT2D eigenvalue weighted by molar-refractivity contribution is 7.13. The first kappa shape index (κ1) is 21.0. The highest BCUT2D eigenvalue weighted by atomic mass is 35.5. The minimum Gasteiger partial charge on any atom is -0.482 e. The smallest absolute Gasteiger partial charge is 0.199 e. The van der Waals surface area contributed by atoms with Crippen LogP contribution in [0.15, 0.2) is 35.7 Å². The van der Waals surface area contributed by atoms with Crippen LogP contribution in [0.25, 0.3) is 10.8 Å². The minimum absolute atomic E-state index is 0.102. The standard InChI is InChI=1S/C22H24ClFN4OS/c1-14-13-30-21(25-14)20-27-18(23)17(29-12-15-6-4-3-5-7-15)19(28-20)26-16-8-10-22(2,24)11-9-16/h3-7,13,16H,8-12H2,1-2H3,(H,26,27,28). The van der Waals surface area contributed by atoms with Crippen molar-refractivity contribution in [1.29, 1.82) is 0 Å². The van der Waals surface area contributed by atoms with Gasteiger partial charge in [-0.2, -0.15) is 0 Å². The lowest BCUT2D eigenvalue weighted by molar-refractivity contribution is 0.124. The third-order valence-electron chi connectivity index (χ3n) is 5.23. The lowest BCUT2D eigenvalue weighted by Gasteiger charge is -2.32. The number of hydrogen-bond acceptors (Lipinski definition) is 6. The molecule has 0 radical (unpaired) electrons. The van der Waals surface area contributed by atoms with Crippen molar-refractivity contribution in [2.45, 2.75) is 57.8 Å². The molecule has 1 saturated carbocycles. The first-order chi connectivity index (χ1) is 14.4. The summed E-state index contributed by atoms with van der Waals surface area (Å²) in [6, 6.07) is 9.94. The van der Waals surface area contributed by atoms with Crippen molar-refractivity contribution in [1.82, 2.24) is 15.0 Å². The summed E-state index contributed by atoms with van der Waals surface area (Å²) in [5.41, 5.74) is 0.825. The topological polar surface area (TPSA) is 59.9 Å². The van der Waals surface area contributed by atoms with Crippen LogP contribution in [0.4, 0.5) is 10.2 Å². The third-order valence-corrected chi connectivity index (χ3v) is 6.44. The van der Waals surface area contributed by atoms with Crippen LogP contribution in [0.1, 0.15) is 43.9 Å². The van der Waals surface area contributed by atoms with Crippen LogP contribution < -0.4 is 10.1 Å². The number of benzene rings is 1. The van der Waals surface area contributed by atoms with Gasteiger partial charge in [-0.05, 0) is 45.1 Å². The molecule has 3 aromatic rings. The fourth-order valence-corrected chi connectivity index (χ4v) is 4.44. The summed E-state index contributed by atoms with van der Waals surface area (Å²) >= 11 is 7.99. The molecule has 4 rings (SSSR count). The molecule has 2 heterocycles. The molecule has 30 heavy (non-hydrogen) atoms. The van der Waals surface area contributed by atoms with Gasteiger partial charge in [0.1, 0.15) is 12.3 Å². The molecule has 0 spiro atoms. The zero-order valence-electron chi connectivity index (χ0n) is 17.0. The second-order valence-corrected chi connectivity index (χ2v) is 9.13. The average molecular weight is 447 g/mol. The molecule has 1 aliphatic carbocycles. The van der Waals surface area contributed by atoms with E-state index >= 15 is 0 Å². The second kappa shape index (κ2) is 8.86. The van der Waals surface area contributed by atoms with E-state index in [0.717, 1.165) is 24.1 Å². The Bertz CT molecular complexity index is 1000. The number of aromatic nitrogens is 3. The Morgan fingerprint density at radius 1 is 1.20 bits per heavy atom. The Labute approximate surface area is 184 Å². The molecule has 0 unspecified atom stereocenters. The van der Waals surface area contributed by atoms with E-state index in [4.69, 9.17) is 16.3 Å². The fourth-order valence-electron chi connectivity index (χ4n) is 3.49. The highest BCUT2D eigenvalue weighted by Gasteiger charge is 2.31. The van der Waals surface area contributed by atoms with Crippen molar-refractivity contribution < 1.29 is 9.13 Å². The fraction of sp³-hybridized carbons (Fsp3) is 0.409. The van der Waals surface area contributed by atoms with Crippen LogP contribution in [0.2, 0.25) is 5.15 Å². The molecule has 0 aliphatic heterocycles. The summed E-state index contributed by atoms with van der Waals surface area (Å²) in [4.78, 5) is 13.6. The predicted octanol–water partition coefficient (Wildman–Crippen LogP) is 6.22. The molecule has 8 heteroatoms. The number of ether oxygens (including phenoxy) is 1. The van der Waals surface area contributed by atoms with Crippen LogP contribution >= 0.6 is 22.9 Å². The van der Waals surface area contributed by atoms with Crippen molar-refractivity contribution >= 4 is 28.8 Å². The van der Waals surface area contributed by atoms with Gasteiger partial charge in [-0.1, -0.05) is 41.9 Å². The zero-order valence-corrected chi connectivity index (χ0v) is 18.6. The summed E-state index contributed by atoms with van der Waals surface area (Å²) in [5.74, 6) is 1.39. The lowest BCUT2D eigenvalue weighted by atomic mass is 9.85. The van der Waals surface area contributed by atoms with E-state index in [9.17, 15) is 4.39 Å². The first-order valence-corrected chi connectivity index (χ1v) is 11.3. The Balaban J connectivity index is 1.61. The normalized spacial score (nSPS) is 21.4. The molecular formula is C22H24ClFN4OS. The molecule has 0 atom stereocenters. The molecule has 0 amide bonds. The maximum Gasteiger partial charge on any atom is 0.199 e. The SMILES string of the molecule is Cc1csc(-c2nc(Cl)c(OCc3ccccc3)c(NC3CCC(C)(F)CC3)n2)n1. The van der Waals surface area contributed by atoms with Gasteiger partial charge in [-0.15, -0.1) is 11.3 Å². The van der Waals surface area contributed by atoms with Gasteiger partial charge in [0.15, 0.2) is 27.6 Å². The van der Waals surface area contributed by atoms with Gasteiger partial charge in [0.05, 0.1) is 0 Å². The van der Waals surface area contributed by atoms with Gasteiger partial charge in [-0.25, -0.2) is 19.3 Å². The number of aryl methyl sites for hydroxylation is 1. The molecule has 0 saturated heterocycles. The molecule has 0 bridgehead atoms. The summed E-state index contributed by atoms with van der Waals surface area (Å²) in [5, 5.41) is 6.31. The summed E-state index contributed by atoms with van der Waals surface area (Å²) in [6.07, 6.45) is 2.47. The van der Waals surface area contributed by atoms with Crippen LogP contribution in [0.5, 0.6) is 5.75 Å². The number of anilines is 1. The third kappa shape index (κ3) is 5.08. The van der Waals surface area contributed by atoms with Gasteiger partial charge < -0.3 is 10.1 Å². The number of nitrogens with one attached hydrogen (secondary N) is 1. The summed E-state index contributed by atoms with van der Waals surface area (Å²) in [7, 11) is 0. The number of halogens is 2. The van der Waals surface area contributed by atoms with Crippen molar-refractivity contribution in [3.05, 3.63) is 52.1 Å². The molecule has 2 aromatic heterocycles. The van der Waals surface area contributed by atoms with E-state index in [1.165, 1.54) is 11.3 Å². The Hall–Kier alpha value is -2.25. The van der Waals surface area contributed by atoms with Gasteiger partial charge in [0.25, 0.3) is 0 Å². The molecule has 5 nitrogen and oxygen atoms in total. The number of rotatable bonds is 6. The first-order valence-electron chi connectivity index (χ1n) is 10.0. The van der Waals surface area contributed by atoms with E-state index in [0.29, 0.717) is 41.8 Å². The van der Waals surface area contributed by atoms with Crippen LogP contribution in [-0.2, 0) is 6.61 Å². The monoisotopic (exact) mass is 446 g/mol. The molecule has 1 aromatic carbocycles. The Morgan fingerprint density at radius 2 is 1.93 bits per heavy atom. The zero-order chi connectivity index (χ0) is 21.1. The molecule has 1 fully saturated rings. The Morgan fingerprint density at radius 3 is 2.60 bits per heavy atom. The van der Waals surface area contributed by atoms with E-state index in [2.05, 4.69) is 20.3 Å². The number of alkyl halides is 1. The van der Waals surface area contributed by atoms with Gasteiger partial charge in [-0.3, -0.25) is 0 Å². The van der Waals surface area contributed by atoms with Gasteiger partial charge in [0.2, 0.25) is 0 Å². The van der Waals surface area contributed by atoms with Crippen LogP contribution in [0.3, 0.4) is 0 Å².